The van der Waals surface area contributed by atoms with Crippen LogP contribution in [0.3, 0.4) is 0 Å². The fourth-order valence-electron chi connectivity index (χ4n) is 6.26. The van der Waals surface area contributed by atoms with Crippen LogP contribution in [0.4, 0.5) is 4.39 Å². The van der Waals surface area contributed by atoms with E-state index in [0.29, 0.717) is 12.0 Å². The van der Waals surface area contributed by atoms with Crippen molar-refractivity contribution in [3.8, 4) is 0 Å². The summed E-state index contributed by atoms with van der Waals surface area (Å²) >= 11 is 0. The molecule has 3 aliphatic heterocycles. The summed E-state index contributed by atoms with van der Waals surface area (Å²) in [6.07, 6.45) is 5.59. The number of hydrogen-bond donors (Lipinski definition) is 2. The number of carbonyl (C=O) groups is 2. The molecule has 5 rings (SSSR count). The van der Waals surface area contributed by atoms with Crippen molar-refractivity contribution in [1.29, 1.82) is 0 Å². The van der Waals surface area contributed by atoms with E-state index in [9.17, 15) is 14.0 Å². The van der Waals surface area contributed by atoms with Crippen LogP contribution in [0.5, 0.6) is 0 Å². The molecule has 0 bridgehead atoms. The third kappa shape index (κ3) is 4.79. The number of nitrogens with zero attached hydrogens (tertiary/aromatic N) is 3. The van der Waals surface area contributed by atoms with Crippen molar-refractivity contribution in [3.05, 3.63) is 35.6 Å². The summed E-state index contributed by atoms with van der Waals surface area (Å²) < 4.78 is 13.1. The van der Waals surface area contributed by atoms with E-state index in [2.05, 4.69) is 20.7 Å². The van der Waals surface area contributed by atoms with Gasteiger partial charge in [0.1, 0.15) is 11.9 Å². The molecular formula is C25H36FN5O2. The van der Waals surface area contributed by atoms with Gasteiger partial charge in [0.25, 0.3) is 0 Å². The van der Waals surface area contributed by atoms with Crippen molar-refractivity contribution >= 4 is 11.8 Å². The molecular weight excluding hydrogens is 421 g/mol. The van der Waals surface area contributed by atoms with Gasteiger partial charge in [-0.2, -0.15) is 0 Å². The molecule has 1 aromatic rings. The molecule has 33 heavy (non-hydrogen) atoms. The van der Waals surface area contributed by atoms with Gasteiger partial charge in [0, 0.05) is 44.7 Å². The Bertz CT molecular complexity index is 857. The lowest BCUT2D eigenvalue weighted by Crippen LogP contribution is -2.67. The molecule has 1 aliphatic carbocycles. The number of likely N-dealkylation sites (N-methyl/N-ethyl adjacent to an activating group) is 1. The minimum absolute atomic E-state index is 0.0146. The van der Waals surface area contributed by atoms with Gasteiger partial charge in [0.15, 0.2) is 0 Å². The molecule has 3 heterocycles. The Balaban J connectivity index is 1.07. The molecule has 1 saturated carbocycles. The first kappa shape index (κ1) is 22.7. The lowest BCUT2D eigenvalue weighted by molar-refractivity contribution is -0.153. The zero-order valence-corrected chi connectivity index (χ0v) is 19.5. The van der Waals surface area contributed by atoms with E-state index in [-0.39, 0.29) is 35.6 Å². The third-order valence-electron chi connectivity index (χ3n) is 8.28. The highest BCUT2D eigenvalue weighted by Crippen LogP contribution is 2.36. The molecule has 4 unspecified atom stereocenters. The van der Waals surface area contributed by atoms with Crippen LogP contribution in [0.25, 0.3) is 0 Å². The van der Waals surface area contributed by atoms with Crippen molar-refractivity contribution in [2.24, 2.45) is 11.8 Å². The smallest absolute Gasteiger partial charge is 0.241 e. The number of likely N-dealkylation sites (tertiary alicyclic amines) is 1. The number of piperidine rings is 1. The summed E-state index contributed by atoms with van der Waals surface area (Å²) in [6, 6.07) is 7.14. The summed E-state index contributed by atoms with van der Waals surface area (Å²) in [5, 5.41) is 5.41. The van der Waals surface area contributed by atoms with Gasteiger partial charge >= 0.3 is 0 Å². The van der Waals surface area contributed by atoms with E-state index in [1.807, 2.05) is 24.1 Å². The van der Waals surface area contributed by atoms with E-state index >= 15 is 0 Å². The summed E-state index contributed by atoms with van der Waals surface area (Å²) in [5.74, 6) is 0.636. The van der Waals surface area contributed by atoms with E-state index in [0.717, 1.165) is 76.8 Å². The maximum absolute atomic E-state index is 13.1. The highest BCUT2D eigenvalue weighted by Gasteiger charge is 2.50. The molecule has 0 radical (unpaired) electrons. The second-order valence-corrected chi connectivity index (χ2v) is 10.3. The minimum atomic E-state index is -0.194. The first-order valence-electron chi connectivity index (χ1n) is 12.5. The van der Waals surface area contributed by atoms with Gasteiger partial charge in [-0.15, -0.1) is 0 Å². The van der Waals surface area contributed by atoms with Crippen molar-refractivity contribution in [1.82, 2.24) is 25.6 Å². The number of hydrazine groups is 1. The number of piperazine rings is 1. The van der Waals surface area contributed by atoms with Gasteiger partial charge in [-0.05, 0) is 75.2 Å². The van der Waals surface area contributed by atoms with Crippen LogP contribution in [0, 0.1) is 17.7 Å². The van der Waals surface area contributed by atoms with E-state index in [1.54, 1.807) is 0 Å². The predicted octanol–water partition coefficient (Wildman–Crippen LogP) is 1.74. The maximum Gasteiger partial charge on any atom is 0.241 e. The van der Waals surface area contributed by atoms with Crippen molar-refractivity contribution in [2.75, 3.05) is 33.2 Å². The van der Waals surface area contributed by atoms with Crippen LogP contribution in [-0.4, -0.2) is 78.0 Å². The first-order valence-corrected chi connectivity index (χ1v) is 12.5. The SMILES string of the molecule is CN1C(=O)C2CCNN2C2CCC(C(=O)NCC3CCN(Cc4ccc(F)cc4)CC3)CC21. The number of fused-ring (bicyclic) bond motifs is 3. The second-order valence-electron chi connectivity index (χ2n) is 10.3. The fourth-order valence-corrected chi connectivity index (χ4v) is 6.26. The molecule has 180 valence electrons. The van der Waals surface area contributed by atoms with Crippen molar-refractivity contribution in [3.63, 3.8) is 0 Å². The highest BCUT2D eigenvalue weighted by atomic mass is 19.1. The Morgan fingerprint density at radius 1 is 1.09 bits per heavy atom. The zero-order chi connectivity index (χ0) is 22.9. The number of amides is 2. The van der Waals surface area contributed by atoms with Crippen molar-refractivity contribution in [2.45, 2.75) is 63.2 Å². The van der Waals surface area contributed by atoms with Gasteiger partial charge in [-0.1, -0.05) is 12.1 Å². The summed E-state index contributed by atoms with van der Waals surface area (Å²) in [5.41, 5.74) is 4.55. The Morgan fingerprint density at radius 3 is 2.61 bits per heavy atom. The van der Waals surface area contributed by atoms with E-state index in [4.69, 9.17) is 0 Å². The summed E-state index contributed by atoms with van der Waals surface area (Å²) in [6.45, 7) is 4.45. The average molecular weight is 458 g/mol. The lowest BCUT2D eigenvalue weighted by Gasteiger charge is -2.50. The first-order chi connectivity index (χ1) is 16.0. The van der Waals surface area contributed by atoms with Crippen LogP contribution in [-0.2, 0) is 16.1 Å². The number of rotatable bonds is 5. The molecule has 7 nitrogen and oxygen atoms in total. The molecule has 8 heteroatoms. The van der Waals surface area contributed by atoms with Gasteiger partial charge in [0.2, 0.25) is 11.8 Å². The predicted molar refractivity (Wildman–Crippen MR) is 123 cm³/mol. The molecule has 4 atom stereocenters. The zero-order valence-electron chi connectivity index (χ0n) is 19.5. The average Bonchev–Trinajstić information content (AvgIpc) is 3.33. The monoisotopic (exact) mass is 457 g/mol. The topological polar surface area (TPSA) is 67.9 Å². The quantitative estimate of drug-likeness (QED) is 0.705. The normalized spacial score (nSPS) is 31.3. The van der Waals surface area contributed by atoms with Gasteiger partial charge < -0.3 is 10.2 Å². The number of benzene rings is 1. The van der Waals surface area contributed by atoms with Crippen LogP contribution in [0.2, 0.25) is 0 Å². The van der Waals surface area contributed by atoms with Crippen LogP contribution in [0.15, 0.2) is 24.3 Å². The maximum atomic E-state index is 13.1. The molecule has 1 aromatic carbocycles. The van der Waals surface area contributed by atoms with E-state index < -0.39 is 0 Å². The standard InChI is InChI=1S/C25H36FN5O2/c1-29-23-14-19(4-7-21(23)31-22(25(29)33)8-11-28-31)24(32)27-15-17-9-12-30(13-10-17)16-18-2-5-20(26)6-3-18/h2-3,5-6,17,19,21-23,28H,4,7-16H2,1H3,(H,27,32). The number of carbonyl (C=O) groups excluding carboxylic acids is 2. The highest BCUT2D eigenvalue weighted by molar-refractivity contribution is 5.84. The molecule has 4 fully saturated rings. The second kappa shape index (κ2) is 9.68. The van der Waals surface area contributed by atoms with Crippen LogP contribution >= 0.6 is 0 Å². The summed E-state index contributed by atoms with van der Waals surface area (Å²) in [4.78, 5) is 30.0. The van der Waals surface area contributed by atoms with Crippen molar-refractivity contribution < 1.29 is 14.0 Å². The summed E-state index contributed by atoms with van der Waals surface area (Å²) in [7, 11) is 1.91. The molecule has 0 aromatic heterocycles. The molecule has 0 spiro atoms. The Hall–Kier alpha value is -2.03. The molecule has 2 N–H and O–H groups in total. The number of hydrogen-bond acceptors (Lipinski definition) is 5. The largest absolute Gasteiger partial charge is 0.356 e. The minimum Gasteiger partial charge on any atom is -0.356 e. The number of halogens is 1. The Kier molecular flexibility index (Phi) is 6.67. The molecule has 3 saturated heterocycles. The Morgan fingerprint density at radius 2 is 1.85 bits per heavy atom. The van der Waals surface area contributed by atoms with E-state index in [1.165, 1.54) is 12.1 Å². The van der Waals surface area contributed by atoms with Gasteiger partial charge in [-0.25, -0.2) is 9.40 Å². The van der Waals surface area contributed by atoms with Crippen LogP contribution < -0.4 is 10.7 Å². The van der Waals surface area contributed by atoms with Gasteiger partial charge in [-0.3, -0.25) is 19.9 Å². The third-order valence-corrected chi connectivity index (χ3v) is 8.28. The van der Waals surface area contributed by atoms with Gasteiger partial charge in [0.05, 0.1) is 0 Å². The fraction of sp³-hybridized carbons (Fsp3) is 0.680. The lowest BCUT2D eigenvalue weighted by atomic mass is 9.79. The Labute approximate surface area is 195 Å². The molecule has 2 amide bonds. The number of nitrogens with one attached hydrogen (secondary N) is 2. The van der Waals surface area contributed by atoms with Crippen LogP contribution in [0.1, 0.15) is 44.1 Å². The molecule has 4 aliphatic rings.